The van der Waals surface area contributed by atoms with Crippen LogP contribution in [0.25, 0.3) is 0 Å². The summed E-state index contributed by atoms with van der Waals surface area (Å²) >= 11 is 0. The zero-order valence-corrected chi connectivity index (χ0v) is 23.1. The third kappa shape index (κ3) is 4.87. The van der Waals surface area contributed by atoms with Gasteiger partial charge in [0.1, 0.15) is 18.0 Å². The minimum absolute atomic E-state index is 0.0191. The summed E-state index contributed by atoms with van der Waals surface area (Å²) < 4.78 is 11.7. The SMILES string of the molecule is Cc1cc2c(c(C(C)Nc3ccccc3C(=O)OC(C)(C)C)c1C)CN(C1COc3ccccc3C1)C2=O. The van der Waals surface area contributed by atoms with Crippen LogP contribution in [0.1, 0.15) is 82.3 Å². The molecule has 1 N–H and O–H groups in total. The summed E-state index contributed by atoms with van der Waals surface area (Å²) in [5.41, 5.74) is 6.89. The topological polar surface area (TPSA) is 67.9 Å². The second-order valence-corrected chi connectivity index (χ2v) is 11.4. The Kier molecular flexibility index (Phi) is 6.68. The number of amides is 1. The summed E-state index contributed by atoms with van der Waals surface area (Å²) in [7, 11) is 0. The summed E-state index contributed by atoms with van der Waals surface area (Å²) in [6, 6.07) is 17.3. The van der Waals surface area contributed by atoms with Gasteiger partial charge in [0.05, 0.1) is 11.6 Å². The van der Waals surface area contributed by atoms with E-state index in [0.29, 0.717) is 24.4 Å². The van der Waals surface area contributed by atoms with Crippen molar-refractivity contribution < 1.29 is 19.1 Å². The number of rotatable bonds is 5. The Balaban J connectivity index is 1.44. The molecule has 2 unspecified atom stereocenters. The molecule has 3 aromatic rings. The quantitative estimate of drug-likeness (QED) is 0.401. The van der Waals surface area contributed by atoms with Crippen molar-refractivity contribution >= 4 is 17.6 Å². The zero-order chi connectivity index (χ0) is 27.2. The molecule has 6 heteroatoms. The molecule has 2 aliphatic heterocycles. The number of fused-ring (bicyclic) bond motifs is 2. The van der Waals surface area contributed by atoms with Crippen LogP contribution in [0.15, 0.2) is 54.6 Å². The Labute approximate surface area is 225 Å². The van der Waals surface area contributed by atoms with Crippen LogP contribution in [0.2, 0.25) is 0 Å². The van der Waals surface area contributed by atoms with E-state index in [-0.39, 0.29) is 24.0 Å². The van der Waals surface area contributed by atoms with Crippen molar-refractivity contribution in [3.8, 4) is 5.75 Å². The molecular formula is C32H36N2O4. The Bertz CT molecular complexity index is 1410. The first-order chi connectivity index (χ1) is 18.0. The molecule has 0 radical (unpaired) electrons. The number of para-hydroxylation sites is 2. The fourth-order valence-electron chi connectivity index (χ4n) is 5.57. The van der Waals surface area contributed by atoms with Crippen molar-refractivity contribution in [2.24, 2.45) is 0 Å². The first kappa shape index (κ1) is 25.8. The van der Waals surface area contributed by atoms with Crippen molar-refractivity contribution in [2.75, 3.05) is 11.9 Å². The van der Waals surface area contributed by atoms with E-state index in [0.717, 1.165) is 45.6 Å². The van der Waals surface area contributed by atoms with E-state index in [4.69, 9.17) is 9.47 Å². The molecule has 2 heterocycles. The molecule has 0 aromatic heterocycles. The van der Waals surface area contributed by atoms with Crippen LogP contribution in [0.5, 0.6) is 5.75 Å². The first-order valence-corrected chi connectivity index (χ1v) is 13.3. The molecule has 198 valence electrons. The van der Waals surface area contributed by atoms with Crippen molar-refractivity contribution in [1.82, 2.24) is 4.90 Å². The molecule has 5 rings (SSSR count). The summed E-state index contributed by atoms with van der Waals surface area (Å²) in [5, 5.41) is 3.56. The van der Waals surface area contributed by atoms with Gasteiger partial charge in [0.2, 0.25) is 0 Å². The van der Waals surface area contributed by atoms with Gasteiger partial charge in [-0.3, -0.25) is 4.79 Å². The largest absolute Gasteiger partial charge is 0.491 e. The summed E-state index contributed by atoms with van der Waals surface area (Å²) in [6.07, 6.45) is 0.778. The average Bonchev–Trinajstić information content (AvgIpc) is 3.19. The van der Waals surface area contributed by atoms with E-state index >= 15 is 0 Å². The number of ether oxygens (including phenoxy) is 2. The van der Waals surface area contributed by atoms with Crippen LogP contribution in [-0.4, -0.2) is 35.0 Å². The van der Waals surface area contributed by atoms with E-state index < -0.39 is 5.60 Å². The second-order valence-electron chi connectivity index (χ2n) is 11.4. The van der Waals surface area contributed by atoms with E-state index in [9.17, 15) is 9.59 Å². The molecule has 6 nitrogen and oxygen atoms in total. The van der Waals surface area contributed by atoms with Crippen molar-refractivity contribution in [3.05, 3.63) is 93.5 Å². The maximum Gasteiger partial charge on any atom is 0.340 e. The van der Waals surface area contributed by atoms with Crippen LogP contribution in [0.3, 0.4) is 0 Å². The van der Waals surface area contributed by atoms with Crippen LogP contribution in [0, 0.1) is 13.8 Å². The highest BCUT2D eigenvalue weighted by atomic mass is 16.6. The average molecular weight is 513 g/mol. The van der Waals surface area contributed by atoms with Gasteiger partial charge in [0.25, 0.3) is 5.91 Å². The Morgan fingerprint density at radius 3 is 2.58 bits per heavy atom. The van der Waals surface area contributed by atoms with Crippen molar-refractivity contribution in [3.63, 3.8) is 0 Å². The second kappa shape index (κ2) is 9.82. The third-order valence-electron chi connectivity index (χ3n) is 7.48. The van der Waals surface area contributed by atoms with Gasteiger partial charge in [0.15, 0.2) is 0 Å². The highest BCUT2D eigenvalue weighted by molar-refractivity contribution is 6.00. The first-order valence-electron chi connectivity index (χ1n) is 13.3. The number of carbonyl (C=O) groups is 2. The predicted molar refractivity (Wildman–Crippen MR) is 149 cm³/mol. The minimum atomic E-state index is -0.586. The third-order valence-corrected chi connectivity index (χ3v) is 7.48. The van der Waals surface area contributed by atoms with E-state index in [1.807, 2.05) is 68.1 Å². The molecule has 2 aliphatic rings. The molecule has 2 atom stereocenters. The maximum absolute atomic E-state index is 13.7. The fraction of sp³-hybridized carbons (Fsp3) is 0.375. The number of benzene rings is 3. The lowest BCUT2D eigenvalue weighted by Crippen LogP contribution is -2.43. The molecule has 0 spiro atoms. The van der Waals surface area contributed by atoms with Gasteiger partial charge in [-0.1, -0.05) is 30.3 Å². The van der Waals surface area contributed by atoms with Gasteiger partial charge >= 0.3 is 5.97 Å². The monoisotopic (exact) mass is 512 g/mol. The number of aryl methyl sites for hydroxylation is 1. The fourth-order valence-corrected chi connectivity index (χ4v) is 5.57. The lowest BCUT2D eigenvalue weighted by molar-refractivity contribution is 0.00704. The summed E-state index contributed by atoms with van der Waals surface area (Å²) in [6.45, 7) is 12.9. The minimum Gasteiger partial charge on any atom is -0.491 e. The van der Waals surface area contributed by atoms with Gasteiger partial charge in [0, 0.05) is 23.8 Å². The Morgan fingerprint density at radius 1 is 1.11 bits per heavy atom. The molecule has 1 amide bonds. The zero-order valence-electron chi connectivity index (χ0n) is 23.1. The molecule has 0 fully saturated rings. The van der Waals surface area contributed by atoms with Crippen LogP contribution in [-0.2, 0) is 17.7 Å². The summed E-state index contributed by atoms with van der Waals surface area (Å²) in [4.78, 5) is 28.6. The molecule has 0 saturated heterocycles. The van der Waals surface area contributed by atoms with Gasteiger partial charge in [-0.05, 0) is 100 Å². The highest BCUT2D eigenvalue weighted by Gasteiger charge is 2.38. The van der Waals surface area contributed by atoms with Gasteiger partial charge < -0.3 is 19.7 Å². The van der Waals surface area contributed by atoms with Gasteiger partial charge in [-0.2, -0.15) is 0 Å². The Hall–Kier alpha value is -3.80. The molecule has 0 aliphatic carbocycles. The van der Waals surface area contributed by atoms with Crippen LogP contribution < -0.4 is 10.1 Å². The molecule has 38 heavy (non-hydrogen) atoms. The lowest BCUT2D eigenvalue weighted by Gasteiger charge is -2.32. The number of hydrogen-bond acceptors (Lipinski definition) is 5. The number of carbonyl (C=O) groups excluding carboxylic acids is 2. The molecule has 0 bridgehead atoms. The maximum atomic E-state index is 13.7. The number of nitrogens with one attached hydrogen (secondary N) is 1. The van der Waals surface area contributed by atoms with E-state index in [1.54, 1.807) is 6.07 Å². The van der Waals surface area contributed by atoms with Crippen LogP contribution in [0.4, 0.5) is 5.69 Å². The number of anilines is 1. The molecule has 0 saturated carbocycles. The molecule has 3 aromatic carbocycles. The van der Waals surface area contributed by atoms with Crippen molar-refractivity contribution in [1.29, 1.82) is 0 Å². The predicted octanol–water partition coefficient (Wildman–Crippen LogP) is 6.39. The van der Waals surface area contributed by atoms with Gasteiger partial charge in [-0.15, -0.1) is 0 Å². The lowest BCUT2D eigenvalue weighted by atomic mass is 9.90. The smallest absolute Gasteiger partial charge is 0.340 e. The molecular weight excluding hydrogens is 476 g/mol. The number of esters is 1. The van der Waals surface area contributed by atoms with Crippen molar-refractivity contribution in [2.45, 2.75) is 72.2 Å². The standard InChI is InChI=1S/C32H36N2O4/c1-19-15-25-26(17-34(30(25)35)23-16-22-11-7-10-14-28(22)37-18-23)29(20(19)2)21(3)33-27-13-9-8-12-24(27)31(36)38-32(4,5)6/h7-15,21,23,33H,16-18H2,1-6H3. The van der Waals surface area contributed by atoms with Crippen LogP contribution >= 0.6 is 0 Å². The van der Waals surface area contributed by atoms with E-state index in [2.05, 4.69) is 32.2 Å². The summed E-state index contributed by atoms with van der Waals surface area (Å²) in [5.74, 6) is 0.596. The number of nitrogens with zero attached hydrogens (tertiary/aromatic N) is 1. The normalized spacial score (nSPS) is 17.4. The Morgan fingerprint density at radius 2 is 1.82 bits per heavy atom. The van der Waals surface area contributed by atoms with E-state index in [1.165, 1.54) is 0 Å². The van der Waals surface area contributed by atoms with Gasteiger partial charge in [-0.25, -0.2) is 4.79 Å². The highest BCUT2D eigenvalue weighted by Crippen LogP contribution is 2.38. The number of hydrogen-bond donors (Lipinski definition) is 1.